The van der Waals surface area contributed by atoms with Crippen molar-refractivity contribution >= 4 is 50.7 Å². The molecule has 0 saturated carbocycles. The van der Waals surface area contributed by atoms with Gasteiger partial charge in [0.15, 0.2) is 0 Å². The molecule has 0 aromatic heterocycles. The molecule has 196 valence electrons. The standard InChI is InChI=1S/C27H29Cl2N3O4S/c1-18-9-12-23(15-19(18)2)32(37(35,36)24-13-10-22(28)11-14-24)17-26(33)31(20(3)27(34)30-4)16-21-7-5-6-8-25(21)29/h5-15,20H,16-17H2,1-4H3,(H,30,34)/t20-/m1/s1. The van der Waals surface area contributed by atoms with Gasteiger partial charge in [-0.3, -0.25) is 13.9 Å². The first-order chi connectivity index (χ1) is 17.4. The lowest BCUT2D eigenvalue weighted by atomic mass is 10.1. The topological polar surface area (TPSA) is 86.8 Å². The van der Waals surface area contributed by atoms with Gasteiger partial charge in [0.25, 0.3) is 10.0 Å². The van der Waals surface area contributed by atoms with E-state index in [4.69, 9.17) is 23.2 Å². The zero-order valence-corrected chi connectivity index (χ0v) is 23.4. The summed E-state index contributed by atoms with van der Waals surface area (Å²) < 4.78 is 28.6. The Labute approximate surface area is 228 Å². The van der Waals surface area contributed by atoms with Crippen molar-refractivity contribution in [3.8, 4) is 0 Å². The van der Waals surface area contributed by atoms with E-state index in [2.05, 4.69) is 5.32 Å². The zero-order chi connectivity index (χ0) is 27.3. The van der Waals surface area contributed by atoms with E-state index in [9.17, 15) is 18.0 Å². The average Bonchev–Trinajstić information content (AvgIpc) is 2.87. The van der Waals surface area contributed by atoms with Crippen LogP contribution in [0.2, 0.25) is 10.0 Å². The predicted molar refractivity (Wildman–Crippen MR) is 147 cm³/mol. The molecular weight excluding hydrogens is 533 g/mol. The third-order valence-corrected chi connectivity index (χ3v) is 8.58. The van der Waals surface area contributed by atoms with Gasteiger partial charge in [-0.15, -0.1) is 0 Å². The second-order valence-corrected chi connectivity index (χ2v) is 11.3. The second kappa shape index (κ2) is 12.0. The Hall–Kier alpha value is -3.07. The van der Waals surface area contributed by atoms with Crippen molar-refractivity contribution in [3.05, 3.63) is 93.5 Å². The molecule has 0 aliphatic carbocycles. The number of sulfonamides is 1. The first-order valence-electron chi connectivity index (χ1n) is 11.6. The highest BCUT2D eigenvalue weighted by atomic mass is 35.5. The van der Waals surface area contributed by atoms with E-state index in [-0.39, 0.29) is 11.4 Å². The van der Waals surface area contributed by atoms with Crippen molar-refractivity contribution in [2.75, 3.05) is 17.9 Å². The molecule has 3 aromatic rings. The summed E-state index contributed by atoms with van der Waals surface area (Å²) in [5, 5.41) is 3.37. The van der Waals surface area contributed by atoms with Crippen LogP contribution in [0.1, 0.15) is 23.6 Å². The number of carbonyl (C=O) groups is 2. The van der Waals surface area contributed by atoms with Crippen molar-refractivity contribution < 1.29 is 18.0 Å². The molecule has 0 unspecified atom stereocenters. The number of rotatable bonds is 9. The lowest BCUT2D eigenvalue weighted by molar-refractivity contribution is -0.139. The number of amides is 2. The van der Waals surface area contributed by atoms with Crippen molar-refractivity contribution in [3.63, 3.8) is 0 Å². The highest BCUT2D eigenvalue weighted by Gasteiger charge is 2.32. The maximum atomic E-state index is 13.8. The van der Waals surface area contributed by atoms with Crippen LogP contribution in [0, 0.1) is 13.8 Å². The Morgan fingerprint density at radius 1 is 0.946 bits per heavy atom. The van der Waals surface area contributed by atoms with Gasteiger partial charge in [-0.25, -0.2) is 8.42 Å². The monoisotopic (exact) mass is 561 g/mol. The molecule has 0 aliphatic heterocycles. The summed E-state index contributed by atoms with van der Waals surface area (Å²) >= 11 is 12.3. The molecular formula is C27H29Cl2N3O4S. The summed E-state index contributed by atoms with van der Waals surface area (Å²) in [4.78, 5) is 27.6. The molecule has 0 bridgehead atoms. The molecule has 2 amide bonds. The Morgan fingerprint density at radius 2 is 1.59 bits per heavy atom. The number of halogens is 2. The van der Waals surface area contributed by atoms with Crippen LogP contribution in [0.25, 0.3) is 0 Å². The largest absolute Gasteiger partial charge is 0.357 e. The molecule has 0 fully saturated rings. The fraction of sp³-hybridized carbons (Fsp3) is 0.259. The summed E-state index contributed by atoms with van der Waals surface area (Å²) in [6, 6.07) is 17.0. The maximum Gasteiger partial charge on any atom is 0.264 e. The quantitative estimate of drug-likeness (QED) is 0.399. The molecule has 0 saturated heterocycles. The van der Waals surface area contributed by atoms with Crippen molar-refractivity contribution in [1.29, 1.82) is 0 Å². The molecule has 37 heavy (non-hydrogen) atoms. The van der Waals surface area contributed by atoms with Crippen LogP contribution in [-0.2, 0) is 26.2 Å². The van der Waals surface area contributed by atoms with E-state index in [0.717, 1.165) is 15.4 Å². The Bertz CT molecular complexity index is 1400. The van der Waals surface area contributed by atoms with Gasteiger partial charge < -0.3 is 10.2 Å². The third kappa shape index (κ3) is 6.63. The Morgan fingerprint density at radius 3 is 2.19 bits per heavy atom. The fourth-order valence-corrected chi connectivity index (χ4v) is 5.47. The lowest BCUT2D eigenvalue weighted by Gasteiger charge is -2.32. The summed E-state index contributed by atoms with van der Waals surface area (Å²) in [5.41, 5.74) is 2.81. The minimum atomic E-state index is -4.16. The van der Waals surface area contributed by atoms with Gasteiger partial charge in [-0.2, -0.15) is 0 Å². The van der Waals surface area contributed by atoms with Gasteiger partial charge in [0.2, 0.25) is 11.8 Å². The summed E-state index contributed by atoms with van der Waals surface area (Å²) in [6.07, 6.45) is 0. The zero-order valence-electron chi connectivity index (χ0n) is 21.0. The summed E-state index contributed by atoms with van der Waals surface area (Å²) in [7, 11) is -2.69. The van der Waals surface area contributed by atoms with E-state index in [0.29, 0.717) is 21.3 Å². The van der Waals surface area contributed by atoms with Crippen LogP contribution in [0.5, 0.6) is 0 Å². The van der Waals surface area contributed by atoms with Crippen LogP contribution in [0.15, 0.2) is 71.6 Å². The summed E-state index contributed by atoms with van der Waals surface area (Å²) in [5.74, 6) is -0.953. The van der Waals surface area contributed by atoms with E-state index < -0.39 is 34.4 Å². The number of nitrogens with one attached hydrogen (secondary N) is 1. The molecule has 0 aliphatic rings. The highest BCUT2D eigenvalue weighted by molar-refractivity contribution is 7.92. The number of aryl methyl sites for hydroxylation is 2. The van der Waals surface area contributed by atoms with Gasteiger partial charge in [-0.05, 0) is 79.9 Å². The third-order valence-electron chi connectivity index (χ3n) is 6.17. The number of likely N-dealkylation sites (N-methyl/N-ethyl adjacent to an activating group) is 1. The molecule has 10 heteroatoms. The van der Waals surface area contributed by atoms with Crippen molar-refractivity contribution in [2.45, 2.75) is 38.3 Å². The number of benzene rings is 3. The van der Waals surface area contributed by atoms with E-state index in [1.165, 1.54) is 36.2 Å². The highest BCUT2D eigenvalue weighted by Crippen LogP contribution is 2.27. The molecule has 3 rings (SSSR count). The molecule has 3 aromatic carbocycles. The van der Waals surface area contributed by atoms with E-state index in [1.807, 2.05) is 13.8 Å². The van der Waals surface area contributed by atoms with Gasteiger partial charge in [0, 0.05) is 23.6 Å². The molecule has 1 N–H and O–H groups in total. The van der Waals surface area contributed by atoms with Crippen LogP contribution in [0.4, 0.5) is 5.69 Å². The minimum absolute atomic E-state index is 0.0140. The predicted octanol–water partition coefficient (Wildman–Crippen LogP) is 4.97. The van der Waals surface area contributed by atoms with E-state index >= 15 is 0 Å². The molecule has 0 heterocycles. The van der Waals surface area contributed by atoms with Gasteiger partial charge in [0.05, 0.1) is 10.6 Å². The molecule has 0 spiro atoms. The number of nitrogens with zero attached hydrogens (tertiary/aromatic N) is 2. The first kappa shape index (κ1) is 28.5. The smallest absolute Gasteiger partial charge is 0.264 e. The molecule has 1 atom stereocenters. The van der Waals surface area contributed by atoms with Crippen LogP contribution in [-0.4, -0.2) is 44.8 Å². The van der Waals surface area contributed by atoms with Crippen LogP contribution in [0.3, 0.4) is 0 Å². The van der Waals surface area contributed by atoms with Crippen LogP contribution < -0.4 is 9.62 Å². The second-order valence-electron chi connectivity index (χ2n) is 8.64. The van der Waals surface area contributed by atoms with Gasteiger partial charge >= 0.3 is 0 Å². The van der Waals surface area contributed by atoms with E-state index in [1.54, 1.807) is 49.4 Å². The van der Waals surface area contributed by atoms with Crippen molar-refractivity contribution in [2.24, 2.45) is 0 Å². The fourth-order valence-electron chi connectivity index (χ4n) is 3.74. The molecule has 7 nitrogen and oxygen atoms in total. The first-order valence-corrected chi connectivity index (χ1v) is 13.7. The van der Waals surface area contributed by atoms with Gasteiger partial charge in [0.1, 0.15) is 12.6 Å². The summed E-state index contributed by atoms with van der Waals surface area (Å²) in [6.45, 7) is 4.86. The number of anilines is 1. The average molecular weight is 563 g/mol. The SMILES string of the molecule is CNC(=O)[C@@H](C)N(Cc1ccccc1Cl)C(=O)CN(c1ccc(C)c(C)c1)S(=O)(=O)c1ccc(Cl)cc1. The normalized spacial score (nSPS) is 12.1. The Kier molecular flexibility index (Phi) is 9.23. The number of hydrogen-bond acceptors (Lipinski definition) is 4. The van der Waals surface area contributed by atoms with Crippen molar-refractivity contribution in [1.82, 2.24) is 10.2 Å². The minimum Gasteiger partial charge on any atom is -0.357 e. The van der Waals surface area contributed by atoms with Gasteiger partial charge in [-0.1, -0.05) is 47.5 Å². The maximum absolute atomic E-state index is 13.8. The number of hydrogen-bond donors (Lipinski definition) is 1. The van der Waals surface area contributed by atoms with Crippen LogP contribution >= 0.6 is 23.2 Å². The number of carbonyl (C=O) groups excluding carboxylic acids is 2. The Balaban J connectivity index is 2.07. The lowest BCUT2D eigenvalue weighted by Crippen LogP contribution is -2.50. The molecule has 0 radical (unpaired) electrons.